The molecule has 3 fully saturated rings. The predicted molar refractivity (Wildman–Crippen MR) is 101 cm³/mol. The Morgan fingerprint density at radius 2 is 1.96 bits per heavy atom. The minimum Gasteiger partial charge on any atom is -0.462 e. The topological polar surface area (TPSA) is 81.7 Å². The number of halogens is 1. The molecule has 27 heavy (non-hydrogen) atoms. The Kier molecular flexibility index (Phi) is 4.74. The van der Waals surface area contributed by atoms with Crippen molar-refractivity contribution in [2.45, 2.75) is 31.2 Å². The van der Waals surface area contributed by atoms with Gasteiger partial charge in [0, 0.05) is 11.6 Å². The summed E-state index contributed by atoms with van der Waals surface area (Å²) in [4.78, 5) is 37.0. The van der Waals surface area contributed by atoms with E-state index in [1.165, 1.54) is 0 Å². The van der Waals surface area contributed by atoms with Gasteiger partial charge in [-0.05, 0) is 42.5 Å². The van der Waals surface area contributed by atoms with Gasteiger partial charge in [-0.15, -0.1) is 0 Å². The van der Waals surface area contributed by atoms with E-state index in [9.17, 15) is 14.4 Å². The Balaban J connectivity index is 1.42. The molecule has 0 unspecified atom stereocenters. The lowest BCUT2D eigenvalue weighted by Gasteiger charge is -2.27. The van der Waals surface area contributed by atoms with Gasteiger partial charge in [-0.3, -0.25) is 9.59 Å². The molecule has 3 aliphatic rings. The van der Waals surface area contributed by atoms with Crippen molar-refractivity contribution in [3.05, 3.63) is 29.8 Å². The quantitative estimate of drug-likeness (QED) is 0.567. The lowest BCUT2D eigenvalue weighted by Crippen LogP contribution is -2.40. The van der Waals surface area contributed by atoms with Crippen LogP contribution in [-0.2, 0) is 19.1 Å². The number of esters is 2. The van der Waals surface area contributed by atoms with E-state index in [2.05, 4.69) is 21.2 Å². The molecular weight excluding hydrogens is 414 g/mol. The molecule has 6 atom stereocenters. The van der Waals surface area contributed by atoms with Crippen molar-refractivity contribution in [1.29, 1.82) is 0 Å². The van der Waals surface area contributed by atoms with Crippen LogP contribution < -0.4 is 5.32 Å². The molecule has 2 saturated carbocycles. The molecule has 1 N–H and O–H groups in total. The second kappa shape index (κ2) is 6.93. The first kappa shape index (κ1) is 18.5. The normalized spacial score (nSPS) is 33.3. The molecule has 2 bridgehead atoms. The van der Waals surface area contributed by atoms with Crippen LogP contribution in [0.2, 0.25) is 0 Å². The summed E-state index contributed by atoms with van der Waals surface area (Å²) in [5.41, 5.74) is 1.04. The highest BCUT2D eigenvalue weighted by Crippen LogP contribution is 2.60. The first-order chi connectivity index (χ1) is 12.9. The Bertz CT molecular complexity index is 777. The third-order valence-electron chi connectivity index (χ3n) is 5.76. The van der Waals surface area contributed by atoms with E-state index in [4.69, 9.17) is 9.47 Å². The van der Waals surface area contributed by atoms with Gasteiger partial charge in [-0.1, -0.05) is 29.8 Å². The van der Waals surface area contributed by atoms with Crippen molar-refractivity contribution in [3.63, 3.8) is 0 Å². The highest BCUT2D eigenvalue weighted by atomic mass is 79.9. The fraction of sp³-hybridized carbons (Fsp3) is 0.550. The maximum Gasteiger partial charge on any atom is 0.338 e. The third kappa shape index (κ3) is 3.16. The Labute approximate surface area is 166 Å². The standard InChI is InChI=1S/C20H22BrNO5/c1-9(2)8-26-19(24)10-3-5-11(6-4-10)22-18(23)14-12-7-13-15(14)20(25)27-17(13)16(12)21/h3-6,9,12-17H,7-8H2,1-2H3,(H,22,23)/t12-,13+,14+,15-,16+,17-/m0/s1. The summed E-state index contributed by atoms with van der Waals surface area (Å²) in [6.07, 6.45) is 0.753. The van der Waals surface area contributed by atoms with Gasteiger partial charge in [0.05, 0.1) is 28.8 Å². The van der Waals surface area contributed by atoms with Gasteiger partial charge >= 0.3 is 11.9 Å². The number of hydrogen-bond donors (Lipinski definition) is 1. The number of carbonyl (C=O) groups excluding carboxylic acids is 3. The van der Waals surface area contributed by atoms with Crippen molar-refractivity contribution in [3.8, 4) is 0 Å². The highest BCUT2D eigenvalue weighted by molar-refractivity contribution is 9.09. The number of hydrogen-bond acceptors (Lipinski definition) is 5. The maximum atomic E-state index is 12.8. The summed E-state index contributed by atoms with van der Waals surface area (Å²) in [5, 5.41) is 2.89. The molecule has 6 nitrogen and oxygen atoms in total. The summed E-state index contributed by atoms with van der Waals surface area (Å²) in [6.45, 7) is 4.32. The number of fused-ring (bicyclic) bond motifs is 1. The molecule has 1 saturated heterocycles. The van der Waals surface area contributed by atoms with Crippen molar-refractivity contribution >= 4 is 39.5 Å². The average Bonchev–Trinajstić information content (AvgIpc) is 3.24. The van der Waals surface area contributed by atoms with Gasteiger partial charge in [0.15, 0.2) is 0 Å². The molecule has 2 aliphatic carbocycles. The van der Waals surface area contributed by atoms with Crippen LogP contribution in [0, 0.1) is 29.6 Å². The van der Waals surface area contributed by atoms with E-state index in [-0.39, 0.29) is 58.4 Å². The van der Waals surface area contributed by atoms with Gasteiger partial charge in [0.1, 0.15) is 6.10 Å². The smallest absolute Gasteiger partial charge is 0.338 e. The number of anilines is 1. The molecular formula is C20H22BrNO5. The minimum atomic E-state index is -0.378. The van der Waals surface area contributed by atoms with Crippen LogP contribution in [0.3, 0.4) is 0 Å². The van der Waals surface area contributed by atoms with E-state index in [1.54, 1.807) is 24.3 Å². The van der Waals surface area contributed by atoms with Crippen molar-refractivity contribution in [2.75, 3.05) is 11.9 Å². The zero-order valence-corrected chi connectivity index (χ0v) is 16.8. The number of carbonyl (C=O) groups is 3. The molecule has 4 rings (SSSR count). The van der Waals surface area contributed by atoms with Crippen molar-refractivity contribution < 1.29 is 23.9 Å². The number of nitrogens with one attached hydrogen (secondary N) is 1. The number of benzene rings is 1. The van der Waals surface area contributed by atoms with Crippen molar-refractivity contribution in [1.82, 2.24) is 0 Å². The van der Waals surface area contributed by atoms with Crippen LogP contribution in [-0.4, -0.2) is 35.4 Å². The SMILES string of the molecule is CC(C)COC(=O)c1ccc(NC(=O)[C@@H]2[C@@H]3C[C@H]4[C@H](OC(=O)[C@@H]42)[C@@H]3Br)cc1. The Hall–Kier alpha value is -1.89. The van der Waals surface area contributed by atoms with Crippen LogP contribution in [0.1, 0.15) is 30.6 Å². The molecule has 1 amide bonds. The summed E-state index contributed by atoms with van der Waals surface area (Å²) in [7, 11) is 0. The monoisotopic (exact) mass is 435 g/mol. The molecule has 144 valence electrons. The van der Waals surface area contributed by atoms with Crippen LogP contribution >= 0.6 is 15.9 Å². The molecule has 1 aliphatic heterocycles. The van der Waals surface area contributed by atoms with Gasteiger partial charge < -0.3 is 14.8 Å². The van der Waals surface area contributed by atoms with E-state index in [1.807, 2.05) is 13.8 Å². The molecule has 1 aromatic carbocycles. The Morgan fingerprint density at radius 1 is 1.26 bits per heavy atom. The lowest BCUT2D eigenvalue weighted by molar-refractivity contribution is -0.145. The minimum absolute atomic E-state index is 0.0408. The first-order valence-corrected chi connectivity index (χ1v) is 10.2. The number of alkyl halides is 1. The maximum absolute atomic E-state index is 12.8. The second-order valence-corrected chi connectivity index (χ2v) is 9.08. The van der Waals surface area contributed by atoms with E-state index >= 15 is 0 Å². The molecule has 1 aromatic rings. The predicted octanol–water partition coefficient (Wildman–Crippen LogP) is 3.01. The Morgan fingerprint density at radius 3 is 2.63 bits per heavy atom. The van der Waals surface area contributed by atoms with E-state index < -0.39 is 0 Å². The largest absolute Gasteiger partial charge is 0.462 e. The number of rotatable bonds is 5. The fourth-order valence-corrected chi connectivity index (χ4v) is 5.62. The zero-order valence-electron chi connectivity index (χ0n) is 15.2. The van der Waals surface area contributed by atoms with Crippen LogP contribution in [0.25, 0.3) is 0 Å². The first-order valence-electron chi connectivity index (χ1n) is 9.29. The lowest BCUT2D eigenvalue weighted by atomic mass is 9.79. The fourth-order valence-electron chi connectivity index (χ4n) is 4.57. The van der Waals surface area contributed by atoms with Crippen molar-refractivity contribution in [2.24, 2.45) is 29.6 Å². The number of amides is 1. The molecule has 0 aromatic heterocycles. The van der Waals surface area contributed by atoms with Gasteiger partial charge in [0.25, 0.3) is 0 Å². The average molecular weight is 436 g/mol. The van der Waals surface area contributed by atoms with E-state index in [0.717, 1.165) is 6.42 Å². The molecule has 0 radical (unpaired) electrons. The summed E-state index contributed by atoms with van der Waals surface area (Å²) < 4.78 is 10.6. The van der Waals surface area contributed by atoms with Crippen LogP contribution in [0.5, 0.6) is 0 Å². The summed E-state index contributed by atoms with van der Waals surface area (Å²) in [5.74, 6) is -0.976. The van der Waals surface area contributed by atoms with Gasteiger partial charge in [0.2, 0.25) is 5.91 Å². The highest BCUT2D eigenvalue weighted by Gasteiger charge is 2.67. The third-order valence-corrected chi connectivity index (χ3v) is 6.96. The molecule has 7 heteroatoms. The summed E-state index contributed by atoms with van der Waals surface area (Å²) in [6, 6.07) is 6.62. The second-order valence-electron chi connectivity index (χ2n) is 8.02. The van der Waals surface area contributed by atoms with E-state index in [0.29, 0.717) is 17.9 Å². The van der Waals surface area contributed by atoms with Crippen LogP contribution in [0.4, 0.5) is 5.69 Å². The summed E-state index contributed by atoms with van der Waals surface area (Å²) >= 11 is 3.61. The van der Waals surface area contributed by atoms with Gasteiger partial charge in [-0.25, -0.2) is 4.79 Å². The molecule has 0 spiro atoms. The van der Waals surface area contributed by atoms with Crippen LogP contribution in [0.15, 0.2) is 24.3 Å². The zero-order chi connectivity index (χ0) is 19.3. The number of ether oxygens (including phenoxy) is 2. The molecule has 1 heterocycles. The van der Waals surface area contributed by atoms with Gasteiger partial charge in [-0.2, -0.15) is 0 Å².